The molecule has 0 aliphatic carbocycles. The van der Waals surface area contributed by atoms with Crippen molar-refractivity contribution in [2.24, 2.45) is 5.73 Å². The highest BCUT2D eigenvalue weighted by Gasteiger charge is 2.10. The van der Waals surface area contributed by atoms with Crippen molar-refractivity contribution >= 4 is 17.7 Å². The molecule has 2 N–H and O–H groups in total. The van der Waals surface area contributed by atoms with E-state index in [2.05, 4.69) is 15.5 Å². The zero-order valence-corrected chi connectivity index (χ0v) is 13.7. The second kappa shape index (κ2) is 7.14. The molecule has 24 heavy (non-hydrogen) atoms. The van der Waals surface area contributed by atoms with Crippen LogP contribution < -0.4 is 10.5 Å². The van der Waals surface area contributed by atoms with Gasteiger partial charge in [-0.3, -0.25) is 4.79 Å². The van der Waals surface area contributed by atoms with Crippen LogP contribution in [0.4, 0.5) is 0 Å². The third kappa shape index (κ3) is 3.54. The molecule has 7 nitrogen and oxygen atoms in total. The Kier molecular flexibility index (Phi) is 4.76. The van der Waals surface area contributed by atoms with Gasteiger partial charge in [-0.2, -0.15) is 4.68 Å². The lowest BCUT2D eigenvalue weighted by atomic mass is 10.1. The first-order valence-electron chi connectivity index (χ1n) is 7.12. The van der Waals surface area contributed by atoms with Crippen LogP contribution in [0.2, 0.25) is 0 Å². The predicted molar refractivity (Wildman–Crippen MR) is 90.2 cm³/mol. The predicted octanol–water partition coefficient (Wildman–Crippen LogP) is 2.06. The van der Waals surface area contributed by atoms with Crippen LogP contribution >= 0.6 is 11.8 Å². The Morgan fingerprint density at radius 1 is 1.25 bits per heavy atom. The van der Waals surface area contributed by atoms with E-state index in [1.54, 1.807) is 23.9 Å². The molecule has 8 heteroatoms. The molecule has 122 valence electrons. The van der Waals surface area contributed by atoms with Gasteiger partial charge in [0.25, 0.3) is 0 Å². The minimum Gasteiger partial charge on any atom is -0.497 e. The van der Waals surface area contributed by atoms with Gasteiger partial charge >= 0.3 is 0 Å². The summed E-state index contributed by atoms with van der Waals surface area (Å²) < 4.78 is 6.80. The topological polar surface area (TPSA) is 95.9 Å². The highest BCUT2D eigenvalue weighted by Crippen LogP contribution is 2.23. The molecule has 1 amide bonds. The molecule has 0 unspecified atom stereocenters. The average Bonchev–Trinajstić information content (AvgIpc) is 3.09. The molecule has 1 heterocycles. The Morgan fingerprint density at radius 2 is 2.04 bits per heavy atom. The van der Waals surface area contributed by atoms with Crippen LogP contribution in [0.15, 0.2) is 53.7 Å². The smallest absolute Gasteiger partial charge is 0.248 e. The van der Waals surface area contributed by atoms with E-state index in [4.69, 9.17) is 10.5 Å². The first-order valence-corrected chi connectivity index (χ1v) is 8.10. The molecule has 0 saturated heterocycles. The number of aromatic nitrogens is 4. The van der Waals surface area contributed by atoms with Gasteiger partial charge in [-0.05, 0) is 52.4 Å². The van der Waals surface area contributed by atoms with Crippen molar-refractivity contribution in [3.8, 4) is 11.4 Å². The summed E-state index contributed by atoms with van der Waals surface area (Å²) in [7, 11) is 1.62. The maximum Gasteiger partial charge on any atom is 0.248 e. The van der Waals surface area contributed by atoms with Crippen molar-refractivity contribution in [3.63, 3.8) is 0 Å². The lowest BCUT2D eigenvalue weighted by Gasteiger charge is -2.06. The lowest BCUT2D eigenvalue weighted by molar-refractivity contribution is 0.1000. The summed E-state index contributed by atoms with van der Waals surface area (Å²) >= 11 is 1.48. The summed E-state index contributed by atoms with van der Waals surface area (Å²) in [6, 6.07) is 14.7. The number of hydrogen-bond acceptors (Lipinski definition) is 6. The molecule has 1 aromatic heterocycles. The number of nitrogens with two attached hydrogens (primary N) is 1. The minimum atomic E-state index is -0.440. The van der Waals surface area contributed by atoms with E-state index < -0.39 is 5.91 Å². The molecular formula is C16H15N5O2S. The van der Waals surface area contributed by atoms with Crippen molar-refractivity contribution in [1.82, 2.24) is 20.2 Å². The van der Waals surface area contributed by atoms with Gasteiger partial charge in [-0.1, -0.05) is 23.9 Å². The molecule has 3 aromatic rings. The third-order valence-electron chi connectivity index (χ3n) is 3.34. The number of carbonyl (C=O) groups is 1. The van der Waals surface area contributed by atoms with E-state index in [9.17, 15) is 4.79 Å². The third-order valence-corrected chi connectivity index (χ3v) is 4.33. The highest BCUT2D eigenvalue weighted by molar-refractivity contribution is 7.98. The number of primary amides is 1. The van der Waals surface area contributed by atoms with Crippen LogP contribution in [0, 0.1) is 0 Å². The van der Waals surface area contributed by atoms with Crippen LogP contribution in [0.3, 0.4) is 0 Å². The summed E-state index contributed by atoms with van der Waals surface area (Å²) in [6.45, 7) is 0. The van der Waals surface area contributed by atoms with Gasteiger partial charge in [0.15, 0.2) is 0 Å². The summed E-state index contributed by atoms with van der Waals surface area (Å²) in [5.74, 6) is 0.951. The number of carbonyl (C=O) groups excluding carboxylic acids is 1. The van der Waals surface area contributed by atoms with Crippen LogP contribution in [-0.2, 0) is 5.75 Å². The zero-order chi connectivity index (χ0) is 16.9. The Hall–Kier alpha value is -2.87. The second-order valence-corrected chi connectivity index (χ2v) is 5.87. The van der Waals surface area contributed by atoms with E-state index in [1.165, 1.54) is 11.8 Å². The normalized spacial score (nSPS) is 10.5. The monoisotopic (exact) mass is 341 g/mol. The van der Waals surface area contributed by atoms with Crippen molar-refractivity contribution in [2.45, 2.75) is 10.9 Å². The summed E-state index contributed by atoms with van der Waals surface area (Å²) in [4.78, 5) is 11.2. The lowest BCUT2D eigenvalue weighted by Crippen LogP contribution is -2.10. The number of tetrazole rings is 1. The second-order valence-electron chi connectivity index (χ2n) is 4.92. The van der Waals surface area contributed by atoms with Crippen LogP contribution in [0.25, 0.3) is 5.69 Å². The number of nitrogens with zero attached hydrogens (tertiary/aromatic N) is 4. The number of rotatable bonds is 6. The largest absolute Gasteiger partial charge is 0.497 e. The molecule has 0 atom stereocenters. The fourth-order valence-electron chi connectivity index (χ4n) is 2.12. The van der Waals surface area contributed by atoms with Crippen molar-refractivity contribution in [2.75, 3.05) is 7.11 Å². The first-order chi connectivity index (χ1) is 11.7. The number of methoxy groups -OCH3 is 1. The first kappa shape index (κ1) is 16.0. The quantitative estimate of drug-likeness (QED) is 0.690. The molecule has 2 aromatic carbocycles. The van der Waals surface area contributed by atoms with E-state index in [0.717, 1.165) is 17.0 Å². The fourth-order valence-corrected chi connectivity index (χ4v) is 2.95. The van der Waals surface area contributed by atoms with E-state index in [-0.39, 0.29) is 0 Å². The molecule has 0 saturated carbocycles. The molecule has 0 radical (unpaired) electrons. The molecule has 0 aliphatic rings. The summed E-state index contributed by atoms with van der Waals surface area (Å²) in [5, 5.41) is 12.5. The van der Waals surface area contributed by atoms with Gasteiger partial charge in [0.2, 0.25) is 11.1 Å². The van der Waals surface area contributed by atoms with Gasteiger partial charge in [-0.15, -0.1) is 5.10 Å². The van der Waals surface area contributed by atoms with Gasteiger partial charge in [0.05, 0.1) is 12.8 Å². The highest BCUT2D eigenvalue weighted by atomic mass is 32.2. The van der Waals surface area contributed by atoms with Gasteiger partial charge in [0, 0.05) is 11.3 Å². The van der Waals surface area contributed by atoms with Crippen LogP contribution in [0.1, 0.15) is 15.9 Å². The summed E-state index contributed by atoms with van der Waals surface area (Å²) in [6.07, 6.45) is 0. The Labute approximate surface area is 142 Å². The van der Waals surface area contributed by atoms with Gasteiger partial charge in [-0.25, -0.2) is 0 Å². The molecule has 0 fully saturated rings. The van der Waals surface area contributed by atoms with E-state index in [0.29, 0.717) is 16.5 Å². The summed E-state index contributed by atoms with van der Waals surface area (Å²) in [5.41, 5.74) is 7.61. The number of thioether (sulfide) groups is 1. The standard InChI is InChI=1S/C16H15N5O2S/c1-23-14-7-5-13(6-8-14)21-16(18-19-20-21)24-10-11-3-2-4-12(9-11)15(17)22/h2-9H,10H2,1H3,(H2,17,22). The van der Waals surface area contributed by atoms with Crippen molar-refractivity contribution in [1.29, 1.82) is 0 Å². The van der Waals surface area contributed by atoms with Gasteiger partial charge in [0.1, 0.15) is 5.75 Å². The maximum atomic E-state index is 11.2. The Morgan fingerprint density at radius 3 is 2.75 bits per heavy atom. The molecule has 0 spiro atoms. The van der Waals surface area contributed by atoms with E-state index in [1.807, 2.05) is 36.4 Å². The number of benzene rings is 2. The number of hydrogen-bond donors (Lipinski definition) is 1. The number of amides is 1. The van der Waals surface area contributed by atoms with Crippen molar-refractivity contribution in [3.05, 3.63) is 59.7 Å². The van der Waals surface area contributed by atoms with Gasteiger partial charge < -0.3 is 10.5 Å². The molecular weight excluding hydrogens is 326 g/mol. The SMILES string of the molecule is COc1ccc(-n2nnnc2SCc2cccc(C(N)=O)c2)cc1. The van der Waals surface area contributed by atoms with Crippen molar-refractivity contribution < 1.29 is 9.53 Å². The Bertz CT molecular complexity index is 848. The fraction of sp³-hybridized carbons (Fsp3) is 0.125. The molecule has 0 aliphatic heterocycles. The minimum absolute atomic E-state index is 0.440. The van der Waals surface area contributed by atoms with Crippen LogP contribution in [-0.4, -0.2) is 33.2 Å². The average molecular weight is 341 g/mol. The van der Waals surface area contributed by atoms with E-state index >= 15 is 0 Å². The van der Waals surface area contributed by atoms with Crippen LogP contribution in [0.5, 0.6) is 5.75 Å². The Balaban J connectivity index is 1.76. The maximum absolute atomic E-state index is 11.2. The molecule has 0 bridgehead atoms. The molecule has 3 rings (SSSR count). The number of ether oxygens (including phenoxy) is 1. The zero-order valence-electron chi connectivity index (χ0n) is 12.9.